The molecule has 1 aliphatic heterocycles. The third kappa shape index (κ3) is 3.69. The third-order valence-electron chi connectivity index (χ3n) is 4.13. The molecule has 2 heterocycles. The molecule has 1 atom stereocenters. The van der Waals surface area contributed by atoms with Crippen molar-refractivity contribution in [2.75, 3.05) is 6.54 Å². The van der Waals surface area contributed by atoms with Crippen molar-refractivity contribution in [2.45, 2.75) is 25.9 Å². The van der Waals surface area contributed by atoms with E-state index in [1.54, 1.807) is 11.8 Å². The zero-order chi connectivity index (χ0) is 18.0. The van der Waals surface area contributed by atoms with Gasteiger partial charge in [0.2, 0.25) is 5.91 Å². The van der Waals surface area contributed by atoms with Crippen LogP contribution >= 0.6 is 11.3 Å². The van der Waals surface area contributed by atoms with Gasteiger partial charge in [-0.1, -0.05) is 30.3 Å². The summed E-state index contributed by atoms with van der Waals surface area (Å²) in [5.74, 6) is -0.568. The predicted molar refractivity (Wildman–Crippen MR) is 93.4 cm³/mol. The molecular weight excluding hydrogens is 342 g/mol. The van der Waals surface area contributed by atoms with Crippen LogP contribution in [0.2, 0.25) is 0 Å². The Bertz CT molecular complexity index is 819. The Hall–Kier alpha value is -2.74. The van der Waals surface area contributed by atoms with Gasteiger partial charge in [-0.25, -0.2) is 0 Å². The normalized spacial score (nSPS) is 16.9. The van der Waals surface area contributed by atoms with E-state index in [1.165, 1.54) is 6.07 Å². The zero-order valence-electron chi connectivity index (χ0n) is 13.6. The fourth-order valence-corrected chi connectivity index (χ4v) is 3.72. The minimum absolute atomic E-state index is 0.0707. The van der Waals surface area contributed by atoms with Crippen molar-refractivity contribution in [3.8, 4) is 0 Å². The first-order valence-corrected chi connectivity index (χ1v) is 8.65. The number of aryl methyl sites for hydroxylation is 1. The summed E-state index contributed by atoms with van der Waals surface area (Å²) in [5, 5.41) is 13.6. The molecule has 0 bridgehead atoms. The molecule has 130 valence electrons. The Morgan fingerprint density at radius 1 is 1.40 bits per heavy atom. The van der Waals surface area contributed by atoms with E-state index in [1.807, 2.05) is 30.3 Å². The van der Waals surface area contributed by atoms with E-state index in [-0.39, 0.29) is 16.5 Å². The number of hydrogen-bond acceptors (Lipinski definition) is 5. The first kappa shape index (κ1) is 17.1. The van der Waals surface area contributed by atoms with Gasteiger partial charge >= 0.3 is 0 Å². The lowest BCUT2D eigenvalue weighted by atomic mass is 10.2. The van der Waals surface area contributed by atoms with E-state index in [9.17, 15) is 19.7 Å². The number of carbonyl (C=O) groups excluding carboxylic acids is 2. The molecule has 1 N–H and O–H groups in total. The van der Waals surface area contributed by atoms with Gasteiger partial charge in [0.1, 0.15) is 6.04 Å². The summed E-state index contributed by atoms with van der Waals surface area (Å²) in [5.41, 5.74) is 0.964. The van der Waals surface area contributed by atoms with Crippen molar-refractivity contribution in [1.29, 1.82) is 0 Å². The number of amides is 2. The smallest absolute Gasteiger partial charge is 0.283 e. The van der Waals surface area contributed by atoms with Crippen molar-refractivity contribution >= 4 is 28.8 Å². The molecule has 0 spiro atoms. The van der Waals surface area contributed by atoms with E-state index < -0.39 is 16.9 Å². The summed E-state index contributed by atoms with van der Waals surface area (Å²) in [4.78, 5) is 37.6. The Morgan fingerprint density at radius 2 is 2.12 bits per heavy atom. The first-order valence-electron chi connectivity index (χ1n) is 7.84. The molecule has 2 amide bonds. The van der Waals surface area contributed by atoms with Gasteiger partial charge in [0.15, 0.2) is 0 Å². The number of benzene rings is 1. The number of hydrogen-bond donors (Lipinski definition) is 1. The van der Waals surface area contributed by atoms with Crippen LogP contribution in [0.15, 0.2) is 36.4 Å². The van der Waals surface area contributed by atoms with Gasteiger partial charge < -0.3 is 10.2 Å². The second kappa shape index (κ2) is 7.02. The second-order valence-electron chi connectivity index (χ2n) is 5.87. The molecule has 1 fully saturated rings. The fraction of sp³-hybridized carbons (Fsp3) is 0.294. The number of nitro groups is 1. The van der Waals surface area contributed by atoms with Crippen LogP contribution in [-0.4, -0.2) is 34.2 Å². The number of carbonyl (C=O) groups is 2. The van der Waals surface area contributed by atoms with Gasteiger partial charge in [0.25, 0.3) is 11.6 Å². The first-order chi connectivity index (χ1) is 12.0. The monoisotopic (exact) mass is 359 g/mol. The van der Waals surface area contributed by atoms with Crippen molar-refractivity contribution < 1.29 is 14.5 Å². The maximum atomic E-state index is 12.5. The van der Waals surface area contributed by atoms with E-state index >= 15 is 0 Å². The van der Waals surface area contributed by atoms with Crippen molar-refractivity contribution in [3.05, 3.63) is 61.8 Å². The Morgan fingerprint density at radius 3 is 2.76 bits per heavy atom. The molecule has 3 rings (SSSR count). The van der Waals surface area contributed by atoms with Gasteiger partial charge in [-0.15, -0.1) is 11.3 Å². The molecule has 7 nitrogen and oxygen atoms in total. The lowest BCUT2D eigenvalue weighted by Crippen LogP contribution is -2.41. The Balaban J connectivity index is 1.63. The number of rotatable bonds is 5. The molecule has 1 aromatic heterocycles. The molecule has 8 heteroatoms. The third-order valence-corrected chi connectivity index (χ3v) is 5.17. The minimum Gasteiger partial charge on any atom is -0.339 e. The van der Waals surface area contributed by atoms with Crippen LogP contribution in [0.5, 0.6) is 0 Å². The lowest BCUT2D eigenvalue weighted by molar-refractivity contribution is -0.385. The van der Waals surface area contributed by atoms with Gasteiger partial charge in [0, 0.05) is 19.2 Å². The number of thiophene rings is 1. The van der Waals surface area contributed by atoms with Crippen LogP contribution in [0.25, 0.3) is 0 Å². The van der Waals surface area contributed by atoms with E-state index in [4.69, 9.17) is 0 Å². The molecule has 0 unspecified atom stereocenters. The van der Waals surface area contributed by atoms with Crippen LogP contribution in [0, 0.1) is 17.0 Å². The summed E-state index contributed by atoms with van der Waals surface area (Å²) in [6.07, 6.45) is 0.532. The predicted octanol–water partition coefficient (Wildman–Crippen LogP) is 2.50. The fourth-order valence-electron chi connectivity index (χ4n) is 2.83. The van der Waals surface area contributed by atoms with E-state index in [0.29, 0.717) is 24.4 Å². The van der Waals surface area contributed by atoms with Gasteiger partial charge in [0.05, 0.1) is 14.7 Å². The largest absolute Gasteiger partial charge is 0.339 e. The van der Waals surface area contributed by atoms with Crippen molar-refractivity contribution in [1.82, 2.24) is 10.2 Å². The quantitative estimate of drug-likeness (QED) is 0.656. The average molecular weight is 359 g/mol. The van der Waals surface area contributed by atoms with Crippen LogP contribution in [-0.2, 0) is 11.3 Å². The molecule has 2 aromatic rings. The summed E-state index contributed by atoms with van der Waals surface area (Å²) in [6.45, 7) is 2.68. The molecular formula is C17H17N3O4S. The average Bonchev–Trinajstić information content (AvgIpc) is 3.13. The Labute approximate surface area is 148 Å². The Kier molecular flexibility index (Phi) is 4.80. The molecule has 1 aliphatic rings. The standard InChI is InChI=1S/C17H17N3O4S/c1-11-14(20(23)24)9-15(25-11)16(21)18-13-7-8-19(17(13)22)10-12-5-3-2-4-6-12/h2-6,9,13H,7-8,10H2,1H3,(H,18,21)/t13-/m0/s1. The molecule has 1 aromatic carbocycles. The van der Waals surface area contributed by atoms with E-state index in [0.717, 1.165) is 16.9 Å². The highest BCUT2D eigenvalue weighted by molar-refractivity contribution is 7.14. The maximum Gasteiger partial charge on any atom is 0.283 e. The highest BCUT2D eigenvalue weighted by Crippen LogP contribution is 2.28. The summed E-state index contributed by atoms with van der Waals surface area (Å²) in [7, 11) is 0. The topological polar surface area (TPSA) is 92.6 Å². The van der Waals surface area contributed by atoms with Crippen LogP contribution in [0.4, 0.5) is 5.69 Å². The zero-order valence-corrected chi connectivity index (χ0v) is 14.4. The minimum atomic E-state index is -0.585. The highest BCUT2D eigenvalue weighted by Gasteiger charge is 2.33. The highest BCUT2D eigenvalue weighted by atomic mass is 32.1. The molecule has 25 heavy (non-hydrogen) atoms. The van der Waals surface area contributed by atoms with Crippen LogP contribution in [0.3, 0.4) is 0 Å². The molecule has 0 aliphatic carbocycles. The van der Waals surface area contributed by atoms with E-state index in [2.05, 4.69) is 5.32 Å². The summed E-state index contributed by atoms with van der Waals surface area (Å²) in [6, 6.07) is 10.3. The van der Waals surface area contributed by atoms with Gasteiger partial charge in [-0.3, -0.25) is 19.7 Å². The number of nitrogens with zero attached hydrogens (tertiary/aromatic N) is 2. The summed E-state index contributed by atoms with van der Waals surface area (Å²) >= 11 is 1.06. The van der Waals surface area contributed by atoms with Crippen LogP contribution in [0.1, 0.15) is 26.5 Å². The number of nitrogens with one attached hydrogen (secondary N) is 1. The summed E-state index contributed by atoms with van der Waals surface area (Å²) < 4.78 is 0. The SMILES string of the molecule is Cc1sc(C(=O)N[C@H]2CCN(Cc3ccccc3)C2=O)cc1[N+](=O)[O-]. The van der Waals surface area contributed by atoms with Gasteiger partial charge in [-0.2, -0.15) is 0 Å². The lowest BCUT2D eigenvalue weighted by Gasteiger charge is -2.17. The molecule has 0 radical (unpaired) electrons. The maximum absolute atomic E-state index is 12.5. The van der Waals surface area contributed by atoms with Gasteiger partial charge in [-0.05, 0) is 18.9 Å². The molecule has 0 saturated carbocycles. The van der Waals surface area contributed by atoms with Crippen molar-refractivity contribution in [2.24, 2.45) is 0 Å². The van der Waals surface area contributed by atoms with Crippen molar-refractivity contribution in [3.63, 3.8) is 0 Å². The second-order valence-corrected chi connectivity index (χ2v) is 7.13. The molecule has 1 saturated heterocycles. The van der Waals surface area contributed by atoms with Crippen LogP contribution < -0.4 is 5.32 Å². The number of likely N-dealkylation sites (tertiary alicyclic amines) is 1.